The zero-order valence-corrected chi connectivity index (χ0v) is 26.7. The lowest BCUT2D eigenvalue weighted by atomic mass is 9.98. The molecule has 45 heavy (non-hydrogen) atoms. The van der Waals surface area contributed by atoms with Crippen LogP contribution >= 0.6 is 0 Å². The third kappa shape index (κ3) is 7.18. The molecule has 2 aromatic rings. The molecule has 0 radical (unpaired) electrons. The number of esters is 1. The highest BCUT2D eigenvalue weighted by Crippen LogP contribution is 2.26. The topological polar surface area (TPSA) is 142 Å². The Morgan fingerprint density at radius 3 is 2.53 bits per heavy atom. The van der Waals surface area contributed by atoms with E-state index in [0.717, 1.165) is 16.5 Å². The number of nitrogens with one attached hydrogen (secondary N) is 3. The van der Waals surface area contributed by atoms with Crippen LogP contribution in [0.3, 0.4) is 0 Å². The minimum absolute atomic E-state index is 0.244. The number of ether oxygens (including phenoxy) is 2. The molecule has 2 saturated heterocycles. The van der Waals surface area contributed by atoms with Crippen LogP contribution < -0.4 is 16.1 Å². The Balaban J connectivity index is 1.55. The van der Waals surface area contributed by atoms with Gasteiger partial charge in [-0.2, -0.15) is 0 Å². The number of pyridine rings is 1. The number of cyclic esters (lactones) is 1. The SMILES string of the molecule is CCN1CCOC2(/C=C/c3ccc4ccc(nc4c3)[C@@H](C)NC(=O)[C@@H]3CCCN(N3)C(=O)[C@H](C)NC(=O)[C@H](C(C)C)OC2=O)C1. The number of likely N-dealkylation sites (N-methyl/N-ethyl adjacent to an activating group) is 1. The van der Waals surface area contributed by atoms with Gasteiger partial charge in [-0.25, -0.2) is 10.2 Å². The molecule has 0 aliphatic carbocycles. The molecule has 1 aromatic heterocycles. The van der Waals surface area contributed by atoms with Gasteiger partial charge in [0.1, 0.15) is 12.1 Å². The van der Waals surface area contributed by atoms with E-state index in [1.807, 2.05) is 50.3 Å². The number of aromatic nitrogens is 1. The van der Waals surface area contributed by atoms with E-state index in [1.165, 1.54) is 5.01 Å². The number of hydrogen-bond donors (Lipinski definition) is 3. The Morgan fingerprint density at radius 1 is 1.02 bits per heavy atom. The lowest BCUT2D eigenvalue weighted by Gasteiger charge is -2.39. The van der Waals surface area contributed by atoms with Gasteiger partial charge in [-0.15, -0.1) is 0 Å². The number of hydrazine groups is 1. The van der Waals surface area contributed by atoms with Gasteiger partial charge < -0.3 is 20.1 Å². The predicted molar refractivity (Wildman–Crippen MR) is 168 cm³/mol. The van der Waals surface area contributed by atoms with Gasteiger partial charge in [0.05, 0.1) is 23.9 Å². The van der Waals surface area contributed by atoms with Gasteiger partial charge in [-0.1, -0.05) is 45.0 Å². The Bertz CT molecular complexity index is 1480. The van der Waals surface area contributed by atoms with Gasteiger partial charge in [0.2, 0.25) is 5.91 Å². The van der Waals surface area contributed by atoms with E-state index in [0.29, 0.717) is 44.8 Å². The van der Waals surface area contributed by atoms with Crippen LogP contribution in [0.25, 0.3) is 17.0 Å². The number of hydrogen-bond acceptors (Lipinski definition) is 9. The van der Waals surface area contributed by atoms with Crippen molar-refractivity contribution in [1.29, 1.82) is 0 Å². The molecule has 4 heterocycles. The zero-order chi connectivity index (χ0) is 32.3. The van der Waals surface area contributed by atoms with E-state index >= 15 is 0 Å². The van der Waals surface area contributed by atoms with E-state index in [-0.39, 0.29) is 24.4 Å². The van der Waals surface area contributed by atoms with Gasteiger partial charge in [-0.3, -0.25) is 29.3 Å². The maximum atomic E-state index is 14.0. The summed E-state index contributed by atoms with van der Waals surface area (Å²) in [6.07, 6.45) is 3.51. The first-order valence-electron chi connectivity index (χ1n) is 15.9. The molecule has 5 bridgehead atoms. The minimum atomic E-state index is -1.45. The second-order valence-corrected chi connectivity index (χ2v) is 12.5. The van der Waals surface area contributed by atoms with Crippen LogP contribution in [0.15, 0.2) is 36.4 Å². The smallest absolute Gasteiger partial charge is 0.344 e. The van der Waals surface area contributed by atoms with Crippen LogP contribution in [0.5, 0.6) is 0 Å². The van der Waals surface area contributed by atoms with Crippen molar-refractivity contribution in [2.75, 3.05) is 32.8 Å². The van der Waals surface area contributed by atoms with E-state index in [1.54, 1.807) is 26.8 Å². The number of carbonyl (C=O) groups is 4. The lowest BCUT2D eigenvalue weighted by molar-refractivity contribution is -0.184. The van der Waals surface area contributed by atoms with Crippen LogP contribution in [-0.2, 0) is 28.7 Å². The normalized spacial score (nSPS) is 29.9. The molecular formula is C33H44N6O6. The molecule has 1 spiro atoms. The van der Waals surface area contributed by atoms with Crippen LogP contribution in [0.4, 0.5) is 0 Å². The highest BCUT2D eigenvalue weighted by atomic mass is 16.6. The van der Waals surface area contributed by atoms with Gasteiger partial charge in [0.25, 0.3) is 11.8 Å². The number of amides is 3. The minimum Gasteiger partial charge on any atom is -0.450 e. The summed E-state index contributed by atoms with van der Waals surface area (Å²) in [6, 6.07) is 7.71. The highest BCUT2D eigenvalue weighted by molar-refractivity contribution is 5.92. The summed E-state index contributed by atoms with van der Waals surface area (Å²) >= 11 is 0. The van der Waals surface area contributed by atoms with Crippen molar-refractivity contribution >= 4 is 40.7 Å². The maximum absolute atomic E-state index is 14.0. The van der Waals surface area contributed by atoms with E-state index in [2.05, 4.69) is 21.0 Å². The number of nitrogens with zero attached hydrogens (tertiary/aromatic N) is 3. The number of fused-ring (bicyclic) bond motifs is 4. The van der Waals surface area contributed by atoms with E-state index in [9.17, 15) is 19.2 Å². The van der Waals surface area contributed by atoms with Crippen molar-refractivity contribution in [2.24, 2.45) is 5.92 Å². The highest BCUT2D eigenvalue weighted by Gasteiger charge is 2.45. The number of carbonyl (C=O) groups excluding carboxylic acids is 4. The first-order chi connectivity index (χ1) is 21.5. The molecule has 1 unspecified atom stereocenters. The molecule has 12 heteroatoms. The molecule has 5 rings (SSSR count). The Labute approximate surface area is 263 Å². The second-order valence-electron chi connectivity index (χ2n) is 12.5. The largest absolute Gasteiger partial charge is 0.450 e. The second kappa shape index (κ2) is 13.6. The van der Waals surface area contributed by atoms with Gasteiger partial charge in [-0.05, 0) is 62.9 Å². The standard InChI is InChI=1S/C33H44N6O6/c1-6-38-16-17-44-33(19-38)14-13-23-9-10-24-11-12-25(36-27(24)18-23)21(4)34-29(40)26-8-7-15-39(37-26)31(42)22(5)35-30(41)28(20(2)3)45-32(33)43/h9-14,18,20-22,26,28,37H,6-8,15-17,19H2,1-5H3,(H,34,40)(H,35,41)/b14-13+/t21-,22+,26+,28+,33?/m1/s1. The zero-order valence-electron chi connectivity index (χ0n) is 26.7. The molecule has 1 aromatic carbocycles. The van der Waals surface area contributed by atoms with Crippen molar-refractivity contribution < 1.29 is 28.7 Å². The fraction of sp³-hybridized carbons (Fsp3) is 0.545. The molecule has 242 valence electrons. The summed E-state index contributed by atoms with van der Waals surface area (Å²) < 4.78 is 12.1. The predicted octanol–water partition coefficient (Wildman–Crippen LogP) is 2.10. The van der Waals surface area contributed by atoms with Crippen LogP contribution in [-0.4, -0.2) is 95.2 Å². The number of morpholine rings is 1. The first kappa shape index (κ1) is 32.5. The summed E-state index contributed by atoms with van der Waals surface area (Å²) in [5, 5.41) is 8.07. The molecule has 2 fully saturated rings. The van der Waals surface area contributed by atoms with Gasteiger partial charge >= 0.3 is 5.97 Å². The summed E-state index contributed by atoms with van der Waals surface area (Å²) in [5.41, 5.74) is 3.82. The summed E-state index contributed by atoms with van der Waals surface area (Å²) in [5.74, 6) is -2.27. The summed E-state index contributed by atoms with van der Waals surface area (Å²) in [6.45, 7) is 11.3. The van der Waals surface area contributed by atoms with Crippen LogP contribution in [0, 0.1) is 5.92 Å². The molecule has 3 N–H and O–H groups in total. The third-order valence-corrected chi connectivity index (χ3v) is 8.70. The Kier molecular flexibility index (Phi) is 9.85. The number of benzene rings is 1. The molecule has 5 atom stereocenters. The summed E-state index contributed by atoms with van der Waals surface area (Å²) in [7, 11) is 0. The van der Waals surface area contributed by atoms with E-state index < -0.39 is 41.6 Å². The maximum Gasteiger partial charge on any atom is 0.344 e. The molecule has 3 aliphatic rings. The Morgan fingerprint density at radius 2 is 1.78 bits per heavy atom. The molecule has 0 saturated carbocycles. The van der Waals surface area contributed by atoms with Crippen molar-refractivity contribution in [1.82, 2.24) is 31.0 Å². The monoisotopic (exact) mass is 620 g/mol. The average Bonchev–Trinajstić information content (AvgIpc) is 3.04. The van der Waals surface area contributed by atoms with Gasteiger partial charge in [0, 0.05) is 25.0 Å². The van der Waals surface area contributed by atoms with Crippen LogP contribution in [0.1, 0.15) is 64.8 Å². The fourth-order valence-electron chi connectivity index (χ4n) is 5.92. The van der Waals surface area contributed by atoms with Gasteiger partial charge in [0.15, 0.2) is 11.7 Å². The van der Waals surface area contributed by atoms with Crippen LogP contribution in [0.2, 0.25) is 0 Å². The molecule has 12 nitrogen and oxygen atoms in total. The lowest BCUT2D eigenvalue weighted by Crippen LogP contribution is -2.61. The van der Waals surface area contributed by atoms with Crippen molar-refractivity contribution in [2.45, 2.75) is 77.3 Å². The third-order valence-electron chi connectivity index (χ3n) is 8.70. The number of rotatable bonds is 2. The summed E-state index contributed by atoms with van der Waals surface area (Å²) in [4.78, 5) is 61.0. The molecule has 3 amide bonds. The van der Waals surface area contributed by atoms with Crippen molar-refractivity contribution in [3.05, 3.63) is 47.7 Å². The Hall–Kier alpha value is -3.87. The molecule has 3 aliphatic heterocycles. The van der Waals surface area contributed by atoms with Crippen molar-refractivity contribution in [3.8, 4) is 0 Å². The fourth-order valence-corrected chi connectivity index (χ4v) is 5.92. The van der Waals surface area contributed by atoms with Crippen molar-refractivity contribution in [3.63, 3.8) is 0 Å². The average molecular weight is 621 g/mol. The molecular weight excluding hydrogens is 576 g/mol. The first-order valence-corrected chi connectivity index (χ1v) is 15.9. The van der Waals surface area contributed by atoms with E-state index in [4.69, 9.17) is 14.5 Å². The quantitative estimate of drug-likeness (QED) is 0.431.